The summed E-state index contributed by atoms with van der Waals surface area (Å²) in [5.74, 6) is 0. The van der Waals surface area contributed by atoms with Gasteiger partial charge in [0, 0.05) is 12.6 Å². The van der Waals surface area contributed by atoms with E-state index >= 15 is 0 Å². The van der Waals surface area contributed by atoms with Crippen LogP contribution in [0.4, 0.5) is 0 Å². The number of halogens is 2. The molecule has 2 nitrogen and oxygen atoms in total. The van der Waals surface area contributed by atoms with Crippen molar-refractivity contribution in [3.05, 3.63) is 35.4 Å². The van der Waals surface area contributed by atoms with Gasteiger partial charge in [0.1, 0.15) is 0 Å². The molecule has 110 valence electrons. The van der Waals surface area contributed by atoms with Gasteiger partial charge < -0.3 is 5.73 Å². The van der Waals surface area contributed by atoms with Gasteiger partial charge in [-0.15, -0.1) is 24.8 Å². The van der Waals surface area contributed by atoms with Gasteiger partial charge in [0.2, 0.25) is 0 Å². The van der Waals surface area contributed by atoms with E-state index in [0.29, 0.717) is 6.04 Å². The van der Waals surface area contributed by atoms with E-state index in [0.717, 1.165) is 6.54 Å². The van der Waals surface area contributed by atoms with Crippen molar-refractivity contribution in [2.45, 2.75) is 38.6 Å². The maximum atomic E-state index is 5.98. The first-order valence-corrected chi connectivity index (χ1v) is 6.82. The van der Waals surface area contributed by atoms with Crippen molar-refractivity contribution in [3.8, 4) is 0 Å². The summed E-state index contributed by atoms with van der Waals surface area (Å²) in [5, 5.41) is 0. The van der Waals surface area contributed by atoms with E-state index in [2.05, 4.69) is 36.1 Å². The molecular formula is C15H26Cl2N2. The van der Waals surface area contributed by atoms with Gasteiger partial charge in [0.05, 0.1) is 0 Å². The highest BCUT2D eigenvalue weighted by molar-refractivity contribution is 5.85. The highest BCUT2D eigenvalue weighted by Gasteiger charge is 2.19. The van der Waals surface area contributed by atoms with Crippen LogP contribution in [0.5, 0.6) is 0 Å². The molecule has 1 fully saturated rings. The van der Waals surface area contributed by atoms with Gasteiger partial charge in [-0.1, -0.05) is 42.7 Å². The van der Waals surface area contributed by atoms with Gasteiger partial charge >= 0.3 is 0 Å². The van der Waals surface area contributed by atoms with E-state index in [1.807, 2.05) is 0 Å². The second kappa shape index (κ2) is 9.60. The van der Waals surface area contributed by atoms with Gasteiger partial charge in [-0.25, -0.2) is 0 Å². The lowest BCUT2D eigenvalue weighted by atomic mass is 10.0. The van der Waals surface area contributed by atoms with Crippen molar-refractivity contribution in [2.75, 3.05) is 19.6 Å². The fraction of sp³-hybridized carbons (Fsp3) is 0.600. The molecule has 0 aromatic heterocycles. The SMILES string of the molecule is Cc1ccc(C(CN)N2CCCCCC2)cc1.Cl.Cl. The van der Waals surface area contributed by atoms with Crippen molar-refractivity contribution < 1.29 is 0 Å². The lowest BCUT2D eigenvalue weighted by Gasteiger charge is -2.30. The predicted octanol–water partition coefficient (Wildman–Crippen LogP) is 3.71. The quantitative estimate of drug-likeness (QED) is 0.922. The minimum absolute atomic E-state index is 0. The van der Waals surface area contributed by atoms with Crippen LogP contribution in [-0.4, -0.2) is 24.5 Å². The minimum Gasteiger partial charge on any atom is -0.329 e. The topological polar surface area (TPSA) is 29.3 Å². The lowest BCUT2D eigenvalue weighted by molar-refractivity contribution is 0.210. The molecule has 1 atom stereocenters. The molecule has 1 aliphatic rings. The number of nitrogens with zero attached hydrogens (tertiary/aromatic N) is 1. The maximum absolute atomic E-state index is 5.98. The summed E-state index contributed by atoms with van der Waals surface area (Å²) >= 11 is 0. The lowest BCUT2D eigenvalue weighted by Crippen LogP contribution is -2.34. The van der Waals surface area contributed by atoms with Crippen LogP contribution in [0.15, 0.2) is 24.3 Å². The number of hydrogen-bond donors (Lipinski definition) is 1. The number of nitrogens with two attached hydrogens (primary N) is 1. The van der Waals surface area contributed by atoms with E-state index in [-0.39, 0.29) is 24.8 Å². The molecule has 1 aromatic rings. The van der Waals surface area contributed by atoms with E-state index in [1.165, 1.54) is 49.9 Å². The van der Waals surface area contributed by atoms with Crippen LogP contribution in [-0.2, 0) is 0 Å². The van der Waals surface area contributed by atoms with E-state index in [4.69, 9.17) is 5.73 Å². The molecule has 1 heterocycles. The Balaban J connectivity index is 0.00000162. The van der Waals surface area contributed by atoms with E-state index in [1.54, 1.807) is 0 Å². The van der Waals surface area contributed by atoms with Gasteiger partial charge in [0.15, 0.2) is 0 Å². The Hall–Kier alpha value is -0.280. The standard InChI is InChI=1S/C15H24N2.2ClH/c1-13-6-8-14(9-7-13)15(12-16)17-10-4-2-3-5-11-17;;/h6-9,15H,2-5,10-12,16H2,1H3;2*1H. The van der Waals surface area contributed by atoms with Gasteiger partial charge in [-0.3, -0.25) is 4.90 Å². The summed E-state index contributed by atoms with van der Waals surface area (Å²) in [6.07, 6.45) is 5.40. The Morgan fingerprint density at radius 2 is 1.53 bits per heavy atom. The fourth-order valence-corrected chi connectivity index (χ4v) is 2.69. The summed E-state index contributed by atoms with van der Waals surface area (Å²) in [5.41, 5.74) is 8.68. The minimum atomic E-state index is 0. The highest BCUT2D eigenvalue weighted by atomic mass is 35.5. The highest BCUT2D eigenvalue weighted by Crippen LogP contribution is 2.23. The van der Waals surface area contributed by atoms with Crippen LogP contribution in [0.2, 0.25) is 0 Å². The predicted molar refractivity (Wildman–Crippen MR) is 87.5 cm³/mol. The molecule has 0 saturated carbocycles. The fourth-order valence-electron chi connectivity index (χ4n) is 2.69. The van der Waals surface area contributed by atoms with Crippen LogP contribution in [0.3, 0.4) is 0 Å². The molecule has 0 radical (unpaired) electrons. The first-order chi connectivity index (χ1) is 8.31. The molecule has 2 rings (SSSR count). The van der Waals surface area contributed by atoms with E-state index < -0.39 is 0 Å². The molecule has 4 heteroatoms. The Morgan fingerprint density at radius 1 is 1.00 bits per heavy atom. The van der Waals surface area contributed by atoms with Crippen LogP contribution in [0, 0.1) is 6.92 Å². The molecule has 19 heavy (non-hydrogen) atoms. The second-order valence-electron chi connectivity index (χ2n) is 5.11. The largest absolute Gasteiger partial charge is 0.329 e. The number of likely N-dealkylation sites (tertiary alicyclic amines) is 1. The average Bonchev–Trinajstić information content (AvgIpc) is 2.62. The summed E-state index contributed by atoms with van der Waals surface area (Å²) in [6, 6.07) is 9.26. The second-order valence-corrected chi connectivity index (χ2v) is 5.11. The third-order valence-electron chi connectivity index (χ3n) is 3.77. The number of benzene rings is 1. The summed E-state index contributed by atoms with van der Waals surface area (Å²) < 4.78 is 0. The zero-order chi connectivity index (χ0) is 12.1. The zero-order valence-corrected chi connectivity index (χ0v) is 13.3. The molecule has 2 N–H and O–H groups in total. The smallest absolute Gasteiger partial charge is 0.0470 e. The van der Waals surface area contributed by atoms with Gasteiger partial charge in [0.25, 0.3) is 0 Å². The van der Waals surface area contributed by atoms with Crippen LogP contribution >= 0.6 is 24.8 Å². The van der Waals surface area contributed by atoms with E-state index in [9.17, 15) is 0 Å². The van der Waals surface area contributed by atoms with Crippen LogP contribution in [0.25, 0.3) is 0 Å². The molecule has 0 spiro atoms. The first-order valence-electron chi connectivity index (χ1n) is 6.82. The van der Waals surface area contributed by atoms with Crippen molar-refractivity contribution in [1.82, 2.24) is 4.90 Å². The van der Waals surface area contributed by atoms with Gasteiger partial charge in [-0.2, -0.15) is 0 Å². The summed E-state index contributed by atoms with van der Waals surface area (Å²) in [7, 11) is 0. The summed E-state index contributed by atoms with van der Waals surface area (Å²) in [4.78, 5) is 2.57. The molecular weight excluding hydrogens is 279 g/mol. The van der Waals surface area contributed by atoms with Crippen molar-refractivity contribution >= 4 is 24.8 Å². The third-order valence-corrected chi connectivity index (χ3v) is 3.77. The molecule has 1 unspecified atom stereocenters. The molecule has 1 aromatic carbocycles. The third kappa shape index (κ3) is 5.31. The molecule has 0 aliphatic carbocycles. The van der Waals surface area contributed by atoms with Crippen molar-refractivity contribution in [3.63, 3.8) is 0 Å². The Bertz CT molecular complexity index is 333. The van der Waals surface area contributed by atoms with Gasteiger partial charge in [-0.05, 0) is 38.4 Å². The Kier molecular flexibility index (Phi) is 9.46. The zero-order valence-electron chi connectivity index (χ0n) is 11.7. The van der Waals surface area contributed by atoms with Crippen LogP contribution in [0.1, 0.15) is 42.9 Å². The monoisotopic (exact) mass is 304 g/mol. The molecule has 1 saturated heterocycles. The van der Waals surface area contributed by atoms with Crippen LogP contribution < -0.4 is 5.73 Å². The molecule has 0 amide bonds. The first kappa shape index (κ1) is 18.7. The molecule has 0 bridgehead atoms. The van der Waals surface area contributed by atoms with Crippen molar-refractivity contribution in [2.24, 2.45) is 5.73 Å². The number of aryl methyl sites for hydroxylation is 1. The molecule has 1 aliphatic heterocycles. The Labute approximate surface area is 129 Å². The summed E-state index contributed by atoms with van der Waals surface area (Å²) in [6.45, 7) is 5.27. The van der Waals surface area contributed by atoms with Crippen molar-refractivity contribution in [1.29, 1.82) is 0 Å². The normalized spacial score (nSPS) is 17.8. The number of hydrogen-bond acceptors (Lipinski definition) is 2. The number of rotatable bonds is 3. The average molecular weight is 305 g/mol. The Morgan fingerprint density at radius 3 is 2.00 bits per heavy atom. The maximum Gasteiger partial charge on any atom is 0.0470 e.